The molecule has 0 fully saturated rings. The second-order valence-electron chi connectivity index (χ2n) is 4.12. The van der Waals surface area contributed by atoms with Gasteiger partial charge in [-0.2, -0.15) is 0 Å². The van der Waals surface area contributed by atoms with Gasteiger partial charge in [-0.1, -0.05) is 0 Å². The Hall–Kier alpha value is -0.831. The summed E-state index contributed by atoms with van der Waals surface area (Å²) in [6.45, 7) is 5.11. The van der Waals surface area contributed by atoms with E-state index in [2.05, 4.69) is 31.3 Å². The maximum atomic E-state index is 11.9. The van der Waals surface area contributed by atoms with Crippen molar-refractivity contribution in [1.82, 2.24) is 5.32 Å². The molecule has 1 aromatic carbocycles. The van der Waals surface area contributed by atoms with Gasteiger partial charge in [0.15, 0.2) is 0 Å². The number of ether oxygens (including phenoxy) is 1. The number of carbonyl (C=O) groups excluding carboxylic acids is 1. The molecule has 3 nitrogen and oxygen atoms in total. The normalized spacial score (nSPS) is 13.9. The molecule has 0 saturated carbocycles. The van der Waals surface area contributed by atoms with Crippen LogP contribution in [0.15, 0.2) is 30.3 Å². The molecular formula is C14H21NO2Se. The van der Waals surface area contributed by atoms with Crippen molar-refractivity contribution in [2.24, 2.45) is 0 Å². The van der Waals surface area contributed by atoms with Gasteiger partial charge in [0.25, 0.3) is 0 Å². The van der Waals surface area contributed by atoms with E-state index in [1.807, 2.05) is 18.2 Å². The molecule has 0 radical (unpaired) electrons. The van der Waals surface area contributed by atoms with Gasteiger partial charge < -0.3 is 0 Å². The predicted octanol–water partition coefficient (Wildman–Crippen LogP) is 1.37. The van der Waals surface area contributed by atoms with Gasteiger partial charge in [0.05, 0.1) is 0 Å². The molecule has 0 aliphatic carbocycles. The van der Waals surface area contributed by atoms with Crippen molar-refractivity contribution in [1.29, 1.82) is 0 Å². The summed E-state index contributed by atoms with van der Waals surface area (Å²) in [5, 5.41) is 3.38. The molecule has 4 heteroatoms. The third-order valence-electron chi connectivity index (χ3n) is 2.61. The summed E-state index contributed by atoms with van der Waals surface area (Å²) in [6, 6.07) is 10.3. The fourth-order valence-electron chi connectivity index (χ4n) is 1.60. The molecule has 2 atom stereocenters. The van der Waals surface area contributed by atoms with E-state index >= 15 is 0 Å². The van der Waals surface area contributed by atoms with Gasteiger partial charge in [-0.25, -0.2) is 0 Å². The quantitative estimate of drug-likeness (QED) is 0.610. The van der Waals surface area contributed by atoms with E-state index < -0.39 is 0 Å². The van der Waals surface area contributed by atoms with E-state index in [0.29, 0.717) is 0 Å². The molecule has 0 spiro atoms. The van der Waals surface area contributed by atoms with Gasteiger partial charge in [-0.15, -0.1) is 0 Å². The first kappa shape index (κ1) is 15.2. The molecule has 0 unspecified atom stereocenters. The fraction of sp³-hybridized carbons (Fsp3) is 0.500. The summed E-state index contributed by atoms with van der Waals surface area (Å²) < 4.78 is 6.15. The average molecular weight is 314 g/mol. The zero-order chi connectivity index (χ0) is 13.4. The van der Waals surface area contributed by atoms with Gasteiger partial charge in [-0.05, 0) is 0 Å². The van der Waals surface area contributed by atoms with Gasteiger partial charge in [0.1, 0.15) is 0 Å². The Morgan fingerprint density at radius 1 is 1.39 bits per heavy atom. The minimum absolute atomic E-state index is 0.0727. The van der Waals surface area contributed by atoms with Crippen molar-refractivity contribution in [3.05, 3.63) is 30.3 Å². The summed E-state index contributed by atoms with van der Waals surface area (Å²) in [5.74, 6) is -0.116. The number of esters is 1. The SMILES string of the molecule is CCCN[C@@H](C)[C@H]([Se]c1ccccc1)C(=O)OC. The van der Waals surface area contributed by atoms with Crippen LogP contribution in [0.1, 0.15) is 20.3 Å². The Morgan fingerprint density at radius 3 is 2.61 bits per heavy atom. The van der Waals surface area contributed by atoms with Gasteiger partial charge in [-0.3, -0.25) is 0 Å². The monoisotopic (exact) mass is 315 g/mol. The van der Waals surface area contributed by atoms with Crippen molar-refractivity contribution in [2.45, 2.75) is 31.1 Å². The topological polar surface area (TPSA) is 38.3 Å². The standard InChI is InChI=1S/C14H21NO2Se/c1-4-10-15-11(2)13(14(16)17-3)18-12-8-6-5-7-9-12/h5-9,11,13,15H,4,10H2,1-3H3/t11-,13-/m0/s1. The first-order chi connectivity index (χ1) is 8.69. The third kappa shape index (κ3) is 4.81. The van der Waals surface area contributed by atoms with Crippen molar-refractivity contribution in [3.8, 4) is 0 Å². The van der Waals surface area contributed by atoms with Gasteiger partial charge in [0.2, 0.25) is 0 Å². The molecule has 0 amide bonds. The van der Waals surface area contributed by atoms with Crippen LogP contribution in [0.5, 0.6) is 0 Å². The van der Waals surface area contributed by atoms with Crippen LogP contribution in [0.3, 0.4) is 0 Å². The molecule has 0 aliphatic heterocycles. The van der Waals surface area contributed by atoms with Crippen molar-refractivity contribution in [3.63, 3.8) is 0 Å². The van der Waals surface area contributed by atoms with Crippen LogP contribution in [0, 0.1) is 0 Å². The molecule has 0 heterocycles. The number of methoxy groups -OCH3 is 1. The number of hydrogen-bond acceptors (Lipinski definition) is 3. The Labute approximate surface area is 115 Å². The Bertz CT molecular complexity index is 356. The molecule has 18 heavy (non-hydrogen) atoms. The molecule has 0 saturated heterocycles. The van der Waals surface area contributed by atoms with E-state index in [4.69, 9.17) is 4.74 Å². The Balaban J connectivity index is 2.69. The molecule has 0 aliphatic rings. The molecule has 1 aromatic rings. The molecule has 100 valence electrons. The van der Waals surface area contributed by atoms with E-state index in [-0.39, 0.29) is 31.8 Å². The Kier molecular flexibility index (Phi) is 7.02. The summed E-state index contributed by atoms with van der Waals surface area (Å²) >= 11 is 0.0918. The number of benzene rings is 1. The van der Waals surface area contributed by atoms with Crippen molar-refractivity contribution in [2.75, 3.05) is 13.7 Å². The van der Waals surface area contributed by atoms with Crippen molar-refractivity contribution >= 4 is 25.4 Å². The molecule has 0 bridgehead atoms. The number of hydrogen-bond donors (Lipinski definition) is 1. The first-order valence-electron chi connectivity index (χ1n) is 6.22. The van der Waals surface area contributed by atoms with E-state index in [0.717, 1.165) is 13.0 Å². The summed E-state index contributed by atoms with van der Waals surface area (Å²) in [4.78, 5) is 11.8. The zero-order valence-corrected chi connectivity index (χ0v) is 12.9. The van der Waals surface area contributed by atoms with Crippen molar-refractivity contribution < 1.29 is 9.53 Å². The van der Waals surface area contributed by atoms with Crippen LogP contribution in [-0.4, -0.2) is 40.6 Å². The first-order valence-corrected chi connectivity index (χ1v) is 8.06. The predicted molar refractivity (Wildman–Crippen MR) is 75.4 cm³/mol. The maximum absolute atomic E-state index is 11.9. The van der Waals surface area contributed by atoms with Crippen LogP contribution in [0.25, 0.3) is 0 Å². The third-order valence-corrected chi connectivity index (χ3v) is 5.55. The van der Waals surface area contributed by atoms with Gasteiger partial charge >= 0.3 is 115 Å². The van der Waals surface area contributed by atoms with Crippen LogP contribution >= 0.6 is 0 Å². The molecule has 1 N–H and O–H groups in total. The molecular weight excluding hydrogens is 293 g/mol. The number of nitrogens with one attached hydrogen (secondary N) is 1. The van der Waals surface area contributed by atoms with Crippen LogP contribution in [0.2, 0.25) is 4.82 Å². The van der Waals surface area contributed by atoms with Crippen LogP contribution in [0.4, 0.5) is 0 Å². The second kappa shape index (κ2) is 8.30. The zero-order valence-electron chi connectivity index (χ0n) is 11.2. The van der Waals surface area contributed by atoms with Crippen LogP contribution < -0.4 is 9.78 Å². The van der Waals surface area contributed by atoms with E-state index in [1.54, 1.807) is 0 Å². The summed E-state index contributed by atoms with van der Waals surface area (Å²) in [5.41, 5.74) is 0. The van der Waals surface area contributed by atoms with E-state index in [9.17, 15) is 4.79 Å². The van der Waals surface area contributed by atoms with E-state index in [1.165, 1.54) is 11.6 Å². The minimum atomic E-state index is -0.116. The van der Waals surface area contributed by atoms with Gasteiger partial charge in [0, 0.05) is 0 Å². The summed E-state index contributed by atoms with van der Waals surface area (Å²) in [6.07, 6.45) is 1.07. The molecule has 1 rings (SSSR count). The average Bonchev–Trinajstić information content (AvgIpc) is 2.42. The number of rotatable bonds is 7. The molecule has 0 aromatic heterocycles. The summed E-state index contributed by atoms with van der Waals surface area (Å²) in [7, 11) is 1.46. The second-order valence-corrected chi connectivity index (χ2v) is 6.67. The van der Waals surface area contributed by atoms with Crippen LogP contribution in [-0.2, 0) is 9.53 Å². The number of carbonyl (C=O) groups is 1. The Morgan fingerprint density at radius 2 is 2.06 bits per heavy atom. The fourth-order valence-corrected chi connectivity index (χ4v) is 3.90.